The number of halogens is 1. The van der Waals surface area contributed by atoms with E-state index >= 15 is 0 Å². The van der Waals surface area contributed by atoms with Crippen LogP contribution in [0.2, 0.25) is 0 Å². The SMILES string of the molecule is CCCC(CCC)C(=O)N1CCCCCC1CCl. The molecule has 1 rings (SSSR count). The molecule has 1 heterocycles. The first-order valence-electron chi connectivity index (χ1n) is 7.61. The van der Waals surface area contributed by atoms with Crippen LogP contribution < -0.4 is 0 Å². The summed E-state index contributed by atoms with van der Waals surface area (Å²) in [5, 5.41) is 0. The van der Waals surface area contributed by atoms with E-state index in [-0.39, 0.29) is 12.0 Å². The lowest BCUT2D eigenvalue weighted by Gasteiger charge is -2.32. The molecule has 1 aliphatic rings. The first-order valence-corrected chi connectivity index (χ1v) is 8.14. The molecule has 2 nitrogen and oxygen atoms in total. The van der Waals surface area contributed by atoms with E-state index in [0.717, 1.165) is 45.1 Å². The molecule has 0 saturated carbocycles. The molecule has 0 spiro atoms. The number of carbonyl (C=O) groups is 1. The number of hydrogen-bond donors (Lipinski definition) is 0. The van der Waals surface area contributed by atoms with Crippen LogP contribution in [-0.4, -0.2) is 29.3 Å². The monoisotopic (exact) mass is 273 g/mol. The molecule has 1 fully saturated rings. The maximum atomic E-state index is 12.7. The Morgan fingerprint density at radius 1 is 1.22 bits per heavy atom. The van der Waals surface area contributed by atoms with E-state index in [0.29, 0.717) is 11.8 Å². The Morgan fingerprint density at radius 3 is 2.44 bits per heavy atom. The Balaban J connectivity index is 2.69. The Kier molecular flexibility index (Phi) is 7.73. The van der Waals surface area contributed by atoms with Crippen LogP contribution in [0.5, 0.6) is 0 Å². The molecule has 0 bridgehead atoms. The molecule has 0 radical (unpaired) electrons. The predicted octanol–water partition coefficient (Wildman–Crippen LogP) is 4.21. The van der Waals surface area contributed by atoms with E-state index in [1.54, 1.807) is 0 Å². The lowest BCUT2D eigenvalue weighted by atomic mass is 9.96. The number of amides is 1. The summed E-state index contributed by atoms with van der Waals surface area (Å²) >= 11 is 6.06. The minimum Gasteiger partial charge on any atom is -0.338 e. The van der Waals surface area contributed by atoms with E-state index < -0.39 is 0 Å². The van der Waals surface area contributed by atoms with Gasteiger partial charge in [0.1, 0.15) is 0 Å². The molecule has 1 aliphatic heterocycles. The molecule has 3 heteroatoms. The van der Waals surface area contributed by atoms with Crippen LogP contribution in [0.4, 0.5) is 0 Å². The third-order valence-electron chi connectivity index (χ3n) is 3.96. The third-order valence-corrected chi connectivity index (χ3v) is 4.32. The third kappa shape index (κ3) is 4.46. The van der Waals surface area contributed by atoms with E-state index in [1.807, 2.05) is 0 Å². The van der Waals surface area contributed by atoms with Crippen molar-refractivity contribution >= 4 is 17.5 Å². The van der Waals surface area contributed by atoms with Gasteiger partial charge >= 0.3 is 0 Å². The van der Waals surface area contributed by atoms with Gasteiger partial charge in [0, 0.05) is 24.4 Å². The Morgan fingerprint density at radius 2 is 1.89 bits per heavy atom. The van der Waals surface area contributed by atoms with Gasteiger partial charge in [-0.15, -0.1) is 11.6 Å². The zero-order chi connectivity index (χ0) is 13.4. The fourth-order valence-corrected chi connectivity index (χ4v) is 3.27. The Bertz CT molecular complexity index is 239. The topological polar surface area (TPSA) is 20.3 Å². The van der Waals surface area contributed by atoms with Crippen LogP contribution in [0.3, 0.4) is 0 Å². The van der Waals surface area contributed by atoms with E-state index in [2.05, 4.69) is 18.7 Å². The van der Waals surface area contributed by atoms with Crippen molar-refractivity contribution < 1.29 is 4.79 Å². The van der Waals surface area contributed by atoms with Crippen molar-refractivity contribution in [3.8, 4) is 0 Å². The number of nitrogens with zero attached hydrogens (tertiary/aromatic N) is 1. The molecule has 1 amide bonds. The van der Waals surface area contributed by atoms with Gasteiger partial charge in [-0.05, 0) is 25.7 Å². The van der Waals surface area contributed by atoms with Crippen molar-refractivity contribution in [2.45, 2.75) is 71.3 Å². The van der Waals surface area contributed by atoms with Crippen molar-refractivity contribution in [3.63, 3.8) is 0 Å². The van der Waals surface area contributed by atoms with Crippen LogP contribution in [0, 0.1) is 5.92 Å². The number of carbonyl (C=O) groups excluding carboxylic acids is 1. The van der Waals surface area contributed by atoms with Crippen LogP contribution >= 0.6 is 11.6 Å². The van der Waals surface area contributed by atoms with Gasteiger partial charge in [-0.2, -0.15) is 0 Å². The lowest BCUT2D eigenvalue weighted by molar-refractivity contribution is -0.138. The summed E-state index contributed by atoms with van der Waals surface area (Å²) in [6.45, 7) is 5.24. The molecular formula is C15H28ClNO. The van der Waals surface area contributed by atoms with Gasteiger partial charge in [0.05, 0.1) is 0 Å². The van der Waals surface area contributed by atoms with Gasteiger partial charge < -0.3 is 4.90 Å². The first kappa shape index (κ1) is 15.8. The van der Waals surface area contributed by atoms with Gasteiger partial charge in [0.15, 0.2) is 0 Å². The lowest BCUT2D eigenvalue weighted by Crippen LogP contribution is -2.44. The summed E-state index contributed by atoms with van der Waals surface area (Å²) < 4.78 is 0. The summed E-state index contributed by atoms with van der Waals surface area (Å²) in [6, 6.07) is 0.276. The highest BCUT2D eigenvalue weighted by molar-refractivity contribution is 6.18. The molecule has 0 aromatic heterocycles. The summed E-state index contributed by atoms with van der Waals surface area (Å²) in [5.41, 5.74) is 0. The highest BCUT2D eigenvalue weighted by Gasteiger charge is 2.29. The van der Waals surface area contributed by atoms with Crippen LogP contribution in [-0.2, 0) is 4.79 Å². The molecule has 1 atom stereocenters. The average molecular weight is 274 g/mol. The van der Waals surface area contributed by atoms with Crippen LogP contribution in [0.15, 0.2) is 0 Å². The zero-order valence-electron chi connectivity index (χ0n) is 12.0. The minimum atomic E-state index is 0.226. The van der Waals surface area contributed by atoms with Crippen molar-refractivity contribution in [2.75, 3.05) is 12.4 Å². The molecule has 1 unspecified atom stereocenters. The smallest absolute Gasteiger partial charge is 0.225 e. The molecule has 106 valence electrons. The van der Waals surface area contributed by atoms with E-state index in [1.165, 1.54) is 12.8 Å². The number of likely N-dealkylation sites (tertiary alicyclic amines) is 1. The number of alkyl halides is 1. The fourth-order valence-electron chi connectivity index (χ4n) is 2.95. The first-order chi connectivity index (χ1) is 8.74. The van der Waals surface area contributed by atoms with Gasteiger partial charge in [-0.1, -0.05) is 39.5 Å². The largest absolute Gasteiger partial charge is 0.338 e. The standard InChI is InChI=1S/C15H28ClNO/c1-3-8-13(9-4-2)15(18)17-11-7-5-6-10-14(17)12-16/h13-14H,3-12H2,1-2H3. The highest BCUT2D eigenvalue weighted by Crippen LogP contribution is 2.23. The van der Waals surface area contributed by atoms with Gasteiger partial charge in [0.2, 0.25) is 5.91 Å². The normalized spacial score (nSPS) is 21.1. The second kappa shape index (κ2) is 8.79. The predicted molar refractivity (Wildman–Crippen MR) is 78.0 cm³/mol. The van der Waals surface area contributed by atoms with Crippen molar-refractivity contribution in [3.05, 3.63) is 0 Å². The molecule has 0 aliphatic carbocycles. The second-order valence-corrected chi connectivity index (χ2v) is 5.77. The Hall–Kier alpha value is -0.240. The highest BCUT2D eigenvalue weighted by atomic mass is 35.5. The van der Waals surface area contributed by atoms with Crippen LogP contribution in [0.1, 0.15) is 65.2 Å². The number of hydrogen-bond acceptors (Lipinski definition) is 1. The summed E-state index contributed by atoms with van der Waals surface area (Å²) in [5.74, 6) is 1.19. The van der Waals surface area contributed by atoms with E-state index in [9.17, 15) is 4.79 Å². The van der Waals surface area contributed by atoms with Gasteiger partial charge in [0.25, 0.3) is 0 Å². The van der Waals surface area contributed by atoms with Crippen LogP contribution in [0.25, 0.3) is 0 Å². The van der Waals surface area contributed by atoms with Crippen molar-refractivity contribution in [1.82, 2.24) is 4.90 Å². The van der Waals surface area contributed by atoms with Gasteiger partial charge in [-0.3, -0.25) is 4.79 Å². The maximum Gasteiger partial charge on any atom is 0.225 e. The molecule has 1 saturated heterocycles. The maximum absolute atomic E-state index is 12.7. The van der Waals surface area contributed by atoms with Crippen molar-refractivity contribution in [2.24, 2.45) is 5.92 Å². The fraction of sp³-hybridized carbons (Fsp3) is 0.933. The molecule has 0 aromatic carbocycles. The van der Waals surface area contributed by atoms with E-state index in [4.69, 9.17) is 11.6 Å². The van der Waals surface area contributed by atoms with Crippen molar-refractivity contribution in [1.29, 1.82) is 0 Å². The quantitative estimate of drug-likeness (QED) is 0.664. The second-order valence-electron chi connectivity index (χ2n) is 5.46. The Labute approximate surface area is 117 Å². The molecule has 0 aromatic rings. The summed E-state index contributed by atoms with van der Waals surface area (Å²) in [7, 11) is 0. The minimum absolute atomic E-state index is 0.226. The molecular weight excluding hydrogens is 246 g/mol. The zero-order valence-corrected chi connectivity index (χ0v) is 12.7. The summed E-state index contributed by atoms with van der Waals surface area (Å²) in [6.07, 6.45) is 8.92. The number of rotatable bonds is 6. The summed E-state index contributed by atoms with van der Waals surface area (Å²) in [4.78, 5) is 14.8. The van der Waals surface area contributed by atoms with Gasteiger partial charge in [-0.25, -0.2) is 0 Å². The molecule has 18 heavy (non-hydrogen) atoms. The molecule has 0 N–H and O–H groups in total. The average Bonchev–Trinajstić information content (AvgIpc) is 2.62.